The molecule has 6 heteroatoms. The molecule has 2 aliphatic carbocycles. The molecule has 0 aliphatic heterocycles. The fraction of sp³-hybridized carbons (Fsp3) is 0.600. The Morgan fingerprint density at radius 1 is 1.31 bits per heavy atom. The molecule has 4 unspecified atom stereocenters. The molecule has 0 spiro atoms. The SMILES string of the molecule is O=C(O)CCCON=C1CC2(CCC(O)c3ccccc3)C(O)CCC12. The molecule has 0 radical (unpaired) electrons. The van der Waals surface area contributed by atoms with Crippen molar-refractivity contribution in [2.24, 2.45) is 16.5 Å². The van der Waals surface area contributed by atoms with Gasteiger partial charge in [0.25, 0.3) is 0 Å². The average molecular weight is 361 g/mol. The highest BCUT2D eigenvalue weighted by Crippen LogP contribution is 2.59. The van der Waals surface area contributed by atoms with Crippen LogP contribution >= 0.6 is 0 Å². The number of hydrogen-bond donors (Lipinski definition) is 3. The normalized spacial score (nSPS) is 29.8. The summed E-state index contributed by atoms with van der Waals surface area (Å²) >= 11 is 0. The Bertz CT molecular complexity index is 647. The molecule has 2 fully saturated rings. The Balaban J connectivity index is 1.52. The summed E-state index contributed by atoms with van der Waals surface area (Å²) in [5.41, 5.74) is 1.67. The van der Waals surface area contributed by atoms with E-state index in [1.165, 1.54) is 0 Å². The molecule has 0 aromatic heterocycles. The molecule has 2 aliphatic rings. The van der Waals surface area contributed by atoms with Gasteiger partial charge in [-0.05, 0) is 44.1 Å². The van der Waals surface area contributed by atoms with Crippen LogP contribution in [0, 0.1) is 11.3 Å². The summed E-state index contributed by atoms with van der Waals surface area (Å²) in [6, 6.07) is 9.60. The van der Waals surface area contributed by atoms with Gasteiger partial charge in [-0.1, -0.05) is 35.5 Å². The first-order valence-electron chi connectivity index (χ1n) is 9.34. The van der Waals surface area contributed by atoms with E-state index >= 15 is 0 Å². The smallest absolute Gasteiger partial charge is 0.303 e. The van der Waals surface area contributed by atoms with Crippen LogP contribution in [-0.4, -0.2) is 39.7 Å². The van der Waals surface area contributed by atoms with Gasteiger partial charge < -0.3 is 20.2 Å². The van der Waals surface area contributed by atoms with Crippen molar-refractivity contribution in [1.29, 1.82) is 0 Å². The number of carbonyl (C=O) groups is 1. The van der Waals surface area contributed by atoms with E-state index in [-0.39, 0.29) is 23.9 Å². The number of aliphatic hydroxyl groups is 2. The molecular formula is C20H27NO5. The molecule has 0 heterocycles. The van der Waals surface area contributed by atoms with Crippen LogP contribution < -0.4 is 0 Å². The molecule has 0 bridgehead atoms. The van der Waals surface area contributed by atoms with Crippen molar-refractivity contribution in [2.75, 3.05) is 6.61 Å². The molecule has 26 heavy (non-hydrogen) atoms. The number of carboxylic acid groups (broad SMARTS) is 1. The number of hydrogen-bond acceptors (Lipinski definition) is 5. The van der Waals surface area contributed by atoms with Crippen LogP contribution in [0.3, 0.4) is 0 Å². The highest BCUT2D eigenvalue weighted by molar-refractivity contribution is 5.94. The number of oxime groups is 1. The standard InChI is InChI=1S/C20H27NO5/c22-17(14-5-2-1-3-6-14)10-11-20-13-16(15(20)8-9-18(20)23)21-26-12-4-7-19(24)25/h1-3,5-6,15,17-18,22-23H,4,7-13H2,(H,24,25). The van der Waals surface area contributed by atoms with Crippen molar-refractivity contribution in [3.05, 3.63) is 35.9 Å². The Labute approximate surface area is 153 Å². The molecule has 0 saturated heterocycles. The van der Waals surface area contributed by atoms with Gasteiger partial charge in [0.15, 0.2) is 0 Å². The van der Waals surface area contributed by atoms with E-state index in [9.17, 15) is 15.0 Å². The number of nitrogens with zero attached hydrogens (tertiary/aromatic N) is 1. The molecule has 2 saturated carbocycles. The number of carboxylic acids is 1. The van der Waals surface area contributed by atoms with Gasteiger partial charge in [-0.2, -0.15) is 0 Å². The van der Waals surface area contributed by atoms with E-state index in [2.05, 4.69) is 5.16 Å². The van der Waals surface area contributed by atoms with Crippen molar-refractivity contribution >= 4 is 11.7 Å². The quantitative estimate of drug-likeness (QED) is 0.464. The zero-order chi connectivity index (χ0) is 18.6. The number of benzene rings is 1. The van der Waals surface area contributed by atoms with Crippen molar-refractivity contribution in [3.63, 3.8) is 0 Å². The van der Waals surface area contributed by atoms with Crippen molar-refractivity contribution in [2.45, 2.75) is 57.2 Å². The van der Waals surface area contributed by atoms with E-state index in [1.807, 2.05) is 30.3 Å². The van der Waals surface area contributed by atoms with E-state index in [0.29, 0.717) is 25.9 Å². The highest BCUT2D eigenvalue weighted by Gasteiger charge is 2.59. The molecule has 3 rings (SSSR count). The van der Waals surface area contributed by atoms with Gasteiger partial charge in [0.05, 0.1) is 17.9 Å². The number of aliphatic hydroxyl groups excluding tert-OH is 2. The molecule has 3 N–H and O–H groups in total. The van der Waals surface area contributed by atoms with Crippen molar-refractivity contribution in [3.8, 4) is 0 Å². The third-order valence-electron chi connectivity index (χ3n) is 5.87. The van der Waals surface area contributed by atoms with Gasteiger partial charge >= 0.3 is 5.97 Å². The first kappa shape index (κ1) is 18.9. The van der Waals surface area contributed by atoms with Gasteiger partial charge in [-0.25, -0.2) is 0 Å². The molecule has 0 amide bonds. The van der Waals surface area contributed by atoms with Gasteiger partial charge in [0, 0.05) is 17.8 Å². The van der Waals surface area contributed by atoms with Crippen LogP contribution in [0.5, 0.6) is 0 Å². The lowest BCUT2D eigenvalue weighted by Gasteiger charge is -2.48. The molecular weight excluding hydrogens is 334 g/mol. The van der Waals surface area contributed by atoms with Crippen LogP contribution in [-0.2, 0) is 9.63 Å². The van der Waals surface area contributed by atoms with Crippen LogP contribution in [0.1, 0.15) is 56.6 Å². The fourth-order valence-corrected chi connectivity index (χ4v) is 4.39. The second-order valence-corrected chi connectivity index (χ2v) is 7.43. The van der Waals surface area contributed by atoms with Gasteiger partial charge in [0.1, 0.15) is 6.61 Å². The number of fused-ring (bicyclic) bond motifs is 1. The second-order valence-electron chi connectivity index (χ2n) is 7.43. The topological polar surface area (TPSA) is 99.4 Å². The predicted octanol–water partition coefficient (Wildman–Crippen LogP) is 2.90. The summed E-state index contributed by atoms with van der Waals surface area (Å²) in [4.78, 5) is 15.7. The van der Waals surface area contributed by atoms with E-state index < -0.39 is 12.1 Å². The van der Waals surface area contributed by atoms with E-state index in [0.717, 1.165) is 30.5 Å². The summed E-state index contributed by atoms with van der Waals surface area (Å²) in [6.45, 7) is 0.296. The number of rotatable bonds is 9. The van der Waals surface area contributed by atoms with Crippen LogP contribution in [0.15, 0.2) is 35.5 Å². The fourth-order valence-electron chi connectivity index (χ4n) is 4.39. The van der Waals surface area contributed by atoms with Crippen LogP contribution in [0.25, 0.3) is 0 Å². The maximum atomic E-state index is 10.5. The first-order valence-corrected chi connectivity index (χ1v) is 9.34. The summed E-state index contributed by atoms with van der Waals surface area (Å²) in [7, 11) is 0. The monoisotopic (exact) mass is 361 g/mol. The Morgan fingerprint density at radius 2 is 2.08 bits per heavy atom. The lowest BCUT2D eigenvalue weighted by Crippen LogP contribution is -2.50. The van der Waals surface area contributed by atoms with E-state index in [1.54, 1.807) is 0 Å². The van der Waals surface area contributed by atoms with Gasteiger partial charge in [0.2, 0.25) is 0 Å². The molecule has 4 atom stereocenters. The lowest BCUT2D eigenvalue weighted by atomic mass is 9.57. The maximum Gasteiger partial charge on any atom is 0.303 e. The van der Waals surface area contributed by atoms with Crippen molar-refractivity contribution in [1.82, 2.24) is 0 Å². The predicted molar refractivity (Wildman–Crippen MR) is 96.7 cm³/mol. The zero-order valence-corrected chi connectivity index (χ0v) is 14.9. The Morgan fingerprint density at radius 3 is 2.81 bits per heavy atom. The minimum absolute atomic E-state index is 0.0777. The molecule has 1 aromatic rings. The maximum absolute atomic E-state index is 10.5. The Kier molecular flexibility index (Phi) is 5.94. The van der Waals surface area contributed by atoms with Crippen LogP contribution in [0.2, 0.25) is 0 Å². The summed E-state index contributed by atoms with van der Waals surface area (Å²) < 4.78 is 0. The van der Waals surface area contributed by atoms with Crippen LogP contribution in [0.4, 0.5) is 0 Å². The zero-order valence-electron chi connectivity index (χ0n) is 14.9. The Hall–Kier alpha value is -1.92. The lowest BCUT2D eigenvalue weighted by molar-refractivity contribution is -0.137. The summed E-state index contributed by atoms with van der Waals surface area (Å²) in [6.07, 6.45) is 3.34. The highest BCUT2D eigenvalue weighted by atomic mass is 16.6. The van der Waals surface area contributed by atoms with Gasteiger partial charge in [-0.3, -0.25) is 4.79 Å². The summed E-state index contributed by atoms with van der Waals surface area (Å²) in [5.74, 6) is -0.625. The molecule has 142 valence electrons. The number of aliphatic carboxylic acids is 1. The average Bonchev–Trinajstić information content (AvgIpc) is 2.87. The van der Waals surface area contributed by atoms with Crippen molar-refractivity contribution < 1.29 is 25.0 Å². The third-order valence-corrected chi connectivity index (χ3v) is 5.87. The largest absolute Gasteiger partial charge is 0.481 e. The minimum atomic E-state index is -0.834. The second kappa shape index (κ2) is 8.18. The van der Waals surface area contributed by atoms with Gasteiger partial charge in [-0.15, -0.1) is 0 Å². The minimum Gasteiger partial charge on any atom is -0.481 e. The first-order chi connectivity index (χ1) is 12.5. The third kappa shape index (κ3) is 3.91. The van der Waals surface area contributed by atoms with E-state index in [4.69, 9.17) is 9.94 Å². The molecule has 6 nitrogen and oxygen atoms in total. The summed E-state index contributed by atoms with van der Waals surface area (Å²) in [5, 5.41) is 33.7. The molecule has 1 aromatic carbocycles.